The van der Waals surface area contributed by atoms with Gasteiger partial charge in [0.05, 0.1) is 0 Å². The van der Waals surface area contributed by atoms with E-state index in [9.17, 15) is 8.78 Å². The SMILES string of the molecule is Cc1ccc([C@H](C)NC(C)c2cccc(F)c2F)cc1. The fourth-order valence-electron chi connectivity index (χ4n) is 2.27. The molecule has 2 rings (SSSR count). The number of benzene rings is 2. The van der Waals surface area contributed by atoms with Crippen molar-refractivity contribution in [2.24, 2.45) is 0 Å². The van der Waals surface area contributed by atoms with Gasteiger partial charge in [-0.25, -0.2) is 8.78 Å². The Kier molecular flexibility index (Phi) is 4.50. The standard InChI is InChI=1S/C17H19F2N/c1-11-7-9-14(10-8-11)12(2)20-13(3)15-5-4-6-16(18)17(15)19/h4-10,12-13,20H,1-3H3/t12-,13?/m0/s1. The van der Waals surface area contributed by atoms with Crippen LogP contribution in [0.3, 0.4) is 0 Å². The van der Waals surface area contributed by atoms with E-state index in [0.717, 1.165) is 11.6 Å². The average Bonchev–Trinajstić information content (AvgIpc) is 2.42. The molecule has 2 aromatic carbocycles. The summed E-state index contributed by atoms with van der Waals surface area (Å²) in [6, 6.07) is 12.2. The molecule has 0 fully saturated rings. The molecule has 1 N–H and O–H groups in total. The monoisotopic (exact) mass is 275 g/mol. The Labute approximate surface area is 118 Å². The highest BCUT2D eigenvalue weighted by atomic mass is 19.2. The van der Waals surface area contributed by atoms with Gasteiger partial charge in [0, 0.05) is 17.6 Å². The average molecular weight is 275 g/mol. The van der Waals surface area contributed by atoms with Crippen LogP contribution in [-0.2, 0) is 0 Å². The molecule has 0 saturated carbocycles. The van der Waals surface area contributed by atoms with Crippen LogP contribution in [0, 0.1) is 18.6 Å². The van der Waals surface area contributed by atoms with E-state index in [1.807, 2.05) is 45.0 Å². The van der Waals surface area contributed by atoms with Gasteiger partial charge in [-0.05, 0) is 32.4 Å². The molecule has 0 amide bonds. The molecule has 2 atom stereocenters. The highest BCUT2D eigenvalue weighted by molar-refractivity contribution is 5.25. The molecule has 0 aromatic heterocycles. The van der Waals surface area contributed by atoms with Crippen LogP contribution in [-0.4, -0.2) is 0 Å². The van der Waals surface area contributed by atoms with Crippen molar-refractivity contribution in [1.82, 2.24) is 5.32 Å². The summed E-state index contributed by atoms with van der Waals surface area (Å²) < 4.78 is 27.0. The van der Waals surface area contributed by atoms with E-state index in [1.54, 1.807) is 6.07 Å². The van der Waals surface area contributed by atoms with Crippen molar-refractivity contribution in [3.05, 3.63) is 70.8 Å². The second-order valence-electron chi connectivity index (χ2n) is 5.16. The number of aryl methyl sites for hydroxylation is 1. The van der Waals surface area contributed by atoms with Gasteiger partial charge in [0.1, 0.15) is 0 Å². The Morgan fingerprint density at radius 3 is 2.20 bits per heavy atom. The van der Waals surface area contributed by atoms with Crippen LogP contribution in [0.4, 0.5) is 8.78 Å². The molecule has 0 radical (unpaired) electrons. The quantitative estimate of drug-likeness (QED) is 0.854. The lowest BCUT2D eigenvalue weighted by atomic mass is 10.0. The largest absolute Gasteiger partial charge is 0.304 e. The van der Waals surface area contributed by atoms with Crippen molar-refractivity contribution in [3.63, 3.8) is 0 Å². The van der Waals surface area contributed by atoms with Gasteiger partial charge in [0.15, 0.2) is 11.6 Å². The summed E-state index contributed by atoms with van der Waals surface area (Å²) in [5.74, 6) is -1.58. The minimum absolute atomic E-state index is 0.0632. The van der Waals surface area contributed by atoms with E-state index in [1.165, 1.54) is 11.6 Å². The third-order valence-corrected chi connectivity index (χ3v) is 3.53. The number of halogens is 2. The predicted octanol–water partition coefficient (Wildman–Crippen LogP) is 4.69. The van der Waals surface area contributed by atoms with Gasteiger partial charge in [0.2, 0.25) is 0 Å². The maximum atomic E-state index is 13.7. The molecular weight excluding hydrogens is 256 g/mol. The molecule has 1 unspecified atom stereocenters. The molecule has 3 heteroatoms. The first kappa shape index (κ1) is 14.7. The predicted molar refractivity (Wildman–Crippen MR) is 77.5 cm³/mol. The van der Waals surface area contributed by atoms with Gasteiger partial charge in [-0.2, -0.15) is 0 Å². The van der Waals surface area contributed by atoms with Gasteiger partial charge < -0.3 is 5.32 Å². The van der Waals surface area contributed by atoms with Crippen LogP contribution >= 0.6 is 0 Å². The summed E-state index contributed by atoms with van der Waals surface area (Å²) in [5.41, 5.74) is 2.67. The van der Waals surface area contributed by atoms with Crippen LogP contribution in [0.2, 0.25) is 0 Å². The van der Waals surface area contributed by atoms with Crippen LogP contribution in [0.15, 0.2) is 42.5 Å². The van der Waals surface area contributed by atoms with Crippen LogP contribution in [0.1, 0.15) is 42.6 Å². The third kappa shape index (κ3) is 3.23. The van der Waals surface area contributed by atoms with Crippen LogP contribution in [0.5, 0.6) is 0 Å². The molecule has 2 aromatic rings. The second-order valence-corrected chi connectivity index (χ2v) is 5.16. The molecule has 20 heavy (non-hydrogen) atoms. The minimum Gasteiger partial charge on any atom is -0.304 e. The summed E-state index contributed by atoms with van der Waals surface area (Å²) in [5, 5.41) is 3.29. The van der Waals surface area contributed by atoms with Crippen molar-refractivity contribution in [2.75, 3.05) is 0 Å². The van der Waals surface area contributed by atoms with E-state index in [0.29, 0.717) is 5.56 Å². The van der Waals surface area contributed by atoms with E-state index in [-0.39, 0.29) is 12.1 Å². The normalized spacial score (nSPS) is 14.1. The summed E-state index contributed by atoms with van der Waals surface area (Å²) in [7, 11) is 0. The Morgan fingerprint density at radius 2 is 1.55 bits per heavy atom. The Balaban J connectivity index is 2.13. The van der Waals surface area contributed by atoms with Crippen molar-refractivity contribution < 1.29 is 8.78 Å². The number of nitrogens with one attached hydrogen (secondary N) is 1. The first-order valence-corrected chi connectivity index (χ1v) is 6.75. The zero-order valence-electron chi connectivity index (χ0n) is 12.0. The minimum atomic E-state index is -0.806. The maximum absolute atomic E-state index is 13.7. The van der Waals surface area contributed by atoms with Crippen molar-refractivity contribution in [1.29, 1.82) is 0 Å². The lowest BCUT2D eigenvalue weighted by Gasteiger charge is -2.21. The fourth-order valence-corrected chi connectivity index (χ4v) is 2.27. The highest BCUT2D eigenvalue weighted by Crippen LogP contribution is 2.23. The Morgan fingerprint density at radius 1 is 0.900 bits per heavy atom. The highest BCUT2D eigenvalue weighted by Gasteiger charge is 2.16. The van der Waals surface area contributed by atoms with Gasteiger partial charge in [-0.15, -0.1) is 0 Å². The number of hydrogen-bond donors (Lipinski definition) is 1. The fraction of sp³-hybridized carbons (Fsp3) is 0.294. The van der Waals surface area contributed by atoms with Gasteiger partial charge >= 0.3 is 0 Å². The number of rotatable bonds is 4. The van der Waals surface area contributed by atoms with Gasteiger partial charge in [0.25, 0.3) is 0 Å². The zero-order chi connectivity index (χ0) is 14.7. The molecule has 0 heterocycles. The van der Waals surface area contributed by atoms with Crippen LogP contribution in [0.25, 0.3) is 0 Å². The van der Waals surface area contributed by atoms with Gasteiger partial charge in [-0.1, -0.05) is 42.0 Å². The lowest BCUT2D eigenvalue weighted by Crippen LogP contribution is -2.23. The lowest BCUT2D eigenvalue weighted by molar-refractivity contribution is 0.449. The third-order valence-electron chi connectivity index (χ3n) is 3.53. The smallest absolute Gasteiger partial charge is 0.163 e. The first-order valence-electron chi connectivity index (χ1n) is 6.75. The van der Waals surface area contributed by atoms with E-state index >= 15 is 0 Å². The molecule has 0 saturated heterocycles. The molecule has 1 nitrogen and oxygen atoms in total. The first-order chi connectivity index (χ1) is 9.49. The van der Waals surface area contributed by atoms with Crippen LogP contribution < -0.4 is 5.32 Å². The molecular formula is C17H19F2N. The Hall–Kier alpha value is -1.74. The summed E-state index contributed by atoms with van der Waals surface area (Å²) in [6.45, 7) is 5.88. The van der Waals surface area contributed by atoms with Crippen molar-refractivity contribution >= 4 is 0 Å². The summed E-state index contributed by atoms with van der Waals surface area (Å²) in [4.78, 5) is 0. The van der Waals surface area contributed by atoms with Gasteiger partial charge in [-0.3, -0.25) is 0 Å². The summed E-state index contributed by atoms with van der Waals surface area (Å²) >= 11 is 0. The molecule has 0 spiro atoms. The van der Waals surface area contributed by atoms with E-state index in [2.05, 4.69) is 5.32 Å². The van der Waals surface area contributed by atoms with Crippen molar-refractivity contribution in [2.45, 2.75) is 32.9 Å². The Bertz CT molecular complexity index is 578. The molecule has 106 valence electrons. The maximum Gasteiger partial charge on any atom is 0.163 e. The summed E-state index contributed by atoms with van der Waals surface area (Å²) in [6.07, 6.45) is 0. The molecule has 0 aliphatic carbocycles. The van der Waals surface area contributed by atoms with Crippen molar-refractivity contribution in [3.8, 4) is 0 Å². The molecule has 0 bridgehead atoms. The van der Waals surface area contributed by atoms with E-state index in [4.69, 9.17) is 0 Å². The topological polar surface area (TPSA) is 12.0 Å². The number of hydrogen-bond acceptors (Lipinski definition) is 1. The van der Waals surface area contributed by atoms with E-state index < -0.39 is 11.6 Å². The second kappa shape index (κ2) is 6.14. The zero-order valence-corrected chi connectivity index (χ0v) is 12.0. The molecule has 0 aliphatic heterocycles. The molecule has 0 aliphatic rings.